The summed E-state index contributed by atoms with van der Waals surface area (Å²) in [5, 5.41) is 27.1. The highest BCUT2D eigenvalue weighted by molar-refractivity contribution is 7.99. The van der Waals surface area contributed by atoms with Gasteiger partial charge in [0.1, 0.15) is 0 Å². The lowest BCUT2D eigenvalue weighted by Crippen LogP contribution is -2.14. The van der Waals surface area contributed by atoms with Gasteiger partial charge in [0.2, 0.25) is 0 Å². The van der Waals surface area contributed by atoms with Crippen LogP contribution in [-0.2, 0) is 0 Å². The van der Waals surface area contributed by atoms with Crippen molar-refractivity contribution in [3.8, 4) is 0 Å². The standard InChI is InChI=1S/C11H16O3S/c1-8(13)9-2-4-11(5-3-9)15-7-10(14)6-12/h2-5,8,10,12-14H,6-7H2,1H3/t8-,10?/m1/s1. The van der Waals surface area contributed by atoms with Gasteiger partial charge in [-0.05, 0) is 24.6 Å². The van der Waals surface area contributed by atoms with Crippen LogP contribution in [0.3, 0.4) is 0 Å². The van der Waals surface area contributed by atoms with E-state index in [2.05, 4.69) is 0 Å². The Labute approximate surface area is 93.8 Å². The van der Waals surface area contributed by atoms with E-state index in [0.717, 1.165) is 10.5 Å². The molecule has 3 N–H and O–H groups in total. The Morgan fingerprint density at radius 3 is 2.27 bits per heavy atom. The van der Waals surface area contributed by atoms with E-state index < -0.39 is 12.2 Å². The van der Waals surface area contributed by atoms with Crippen LogP contribution in [0.15, 0.2) is 29.2 Å². The molecule has 15 heavy (non-hydrogen) atoms. The molecule has 0 heterocycles. The predicted molar refractivity (Wildman–Crippen MR) is 60.9 cm³/mol. The van der Waals surface area contributed by atoms with Crippen molar-refractivity contribution in [1.82, 2.24) is 0 Å². The second-order valence-electron chi connectivity index (χ2n) is 3.39. The van der Waals surface area contributed by atoms with Gasteiger partial charge in [0.25, 0.3) is 0 Å². The van der Waals surface area contributed by atoms with Crippen LogP contribution in [-0.4, -0.2) is 33.8 Å². The van der Waals surface area contributed by atoms with Crippen LogP contribution in [0.2, 0.25) is 0 Å². The fourth-order valence-corrected chi connectivity index (χ4v) is 1.91. The lowest BCUT2D eigenvalue weighted by atomic mass is 10.1. The first-order valence-corrected chi connectivity index (χ1v) is 5.81. The molecule has 3 nitrogen and oxygen atoms in total. The van der Waals surface area contributed by atoms with Crippen LogP contribution < -0.4 is 0 Å². The van der Waals surface area contributed by atoms with Gasteiger partial charge in [0.15, 0.2) is 0 Å². The van der Waals surface area contributed by atoms with E-state index in [1.807, 2.05) is 24.3 Å². The number of rotatable bonds is 5. The van der Waals surface area contributed by atoms with Crippen LogP contribution in [0.25, 0.3) is 0 Å². The summed E-state index contributed by atoms with van der Waals surface area (Å²) < 4.78 is 0. The molecule has 0 saturated carbocycles. The highest BCUT2D eigenvalue weighted by Gasteiger charge is 2.04. The first-order valence-electron chi connectivity index (χ1n) is 4.83. The molecule has 0 aliphatic rings. The molecule has 1 rings (SSSR count). The molecule has 0 aliphatic carbocycles. The van der Waals surface area contributed by atoms with E-state index >= 15 is 0 Å². The molecule has 0 saturated heterocycles. The fraction of sp³-hybridized carbons (Fsp3) is 0.455. The monoisotopic (exact) mass is 228 g/mol. The lowest BCUT2D eigenvalue weighted by Gasteiger charge is -2.08. The van der Waals surface area contributed by atoms with Gasteiger partial charge in [0.05, 0.1) is 18.8 Å². The van der Waals surface area contributed by atoms with E-state index in [9.17, 15) is 5.11 Å². The van der Waals surface area contributed by atoms with E-state index in [1.165, 1.54) is 11.8 Å². The van der Waals surface area contributed by atoms with Gasteiger partial charge in [0, 0.05) is 10.6 Å². The molecule has 0 radical (unpaired) electrons. The summed E-state index contributed by atoms with van der Waals surface area (Å²) in [7, 11) is 0. The summed E-state index contributed by atoms with van der Waals surface area (Å²) >= 11 is 1.48. The molecule has 1 aromatic rings. The Morgan fingerprint density at radius 1 is 1.20 bits per heavy atom. The molecule has 0 spiro atoms. The van der Waals surface area contributed by atoms with Crippen LogP contribution in [0, 0.1) is 0 Å². The van der Waals surface area contributed by atoms with Gasteiger partial charge in [-0.25, -0.2) is 0 Å². The minimum atomic E-state index is -0.675. The van der Waals surface area contributed by atoms with Crippen LogP contribution in [0.5, 0.6) is 0 Å². The summed E-state index contributed by atoms with van der Waals surface area (Å²) in [6.45, 7) is 1.51. The Hall–Kier alpha value is -0.550. The third-order valence-electron chi connectivity index (χ3n) is 2.02. The number of aliphatic hydroxyl groups excluding tert-OH is 3. The smallest absolute Gasteiger partial charge is 0.0864 e. The number of aliphatic hydroxyl groups is 3. The normalized spacial score (nSPS) is 14.9. The molecule has 0 fully saturated rings. The molecule has 1 aromatic carbocycles. The molecule has 0 bridgehead atoms. The van der Waals surface area contributed by atoms with Crippen molar-refractivity contribution in [2.75, 3.05) is 12.4 Å². The summed E-state index contributed by atoms with van der Waals surface area (Å²) in [5.74, 6) is 0.477. The third-order valence-corrected chi connectivity index (χ3v) is 3.17. The first-order chi connectivity index (χ1) is 7.13. The zero-order chi connectivity index (χ0) is 11.3. The summed E-state index contributed by atoms with van der Waals surface area (Å²) in [6.07, 6.45) is -1.13. The average Bonchev–Trinajstić information content (AvgIpc) is 2.26. The van der Waals surface area contributed by atoms with E-state index in [1.54, 1.807) is 6.92 Å². The predicted octanol–water partition coefficient (Wildman–Crippen LogP) is 1.19. The van der Waals surface area contributed by atoms with Crippen molar-refractivity contribution in [2.45, 2.75) is 24.0 Å². The zero-order valence-electron chi connectivity index (χ0n) is 8.63. The van der Waals surface area contributed by atoms with Gasteiger partial charge in [-0.3, -0.25) is 0 Å². The molecule has 0 aliphatic heterocycles. The molecule has 2 atom stereocenters. The zero-order valence-corrected chi connectivity index (χ0v) is 9.44. The second-order valence-corrected chi connectivity index (χ2v) is 4.49. The van der Waals surface area contributed by atoms with Crippen molar-refractivity contribution < 1.29 is 15.3 Å². The molecular formula is C11H16O3S. The third kappa shape index (κ3) is 4.22. The summed E-state index contributed by atoms with van der Waals surface area (Å²) in [6, 6.07) is 7.52. The quantitative estimate of drug-likeness (QED) is 0.662. The Morgan fingerprint density at radius 2 is 1.80 bits per heavy atom. The topological polar surface area (TPSA) is 60.7 Å². The highest BCUT2D eigenvalue weighted by atomic mass is 32.2. The average molecular weight is 228 g/mol. The molecule has 0 aromatic heterocycles. The molecular weight excluding hydrogens is 212 g/mol. The number of hydrogen-bond donors (Lipinski definition) is 3. The molecule has 4 heteroatoms. The molecule has 84 valence electrons. The molecule has 0 amide bonds. The van der Waals surface area contributed by atoms with Gasteiger partial charge in [-0.1, -0.05) is 12.1 Å². The maximum atomic E-state index is 9.29. The maximum Gasteiger partial charge on any atom is 0.0864 e. The van der Waals surface area contributed by atoms with E-state index in [4.69, 9.17) is 10.2 Å². The van der Waals surface area contributed by atoms with Crippen LogP contribution in [0.1, 0.15) is 18.6 Å². The minimum Gasteiger partial charge on any atom is -0.394 e. The lowest BCUT2D eigenvalue weighted by molar-refractivity contribution is 0.113. The van der Waals surface area contributed by atoms with E-state index in [0.29, 0.717) is 5.75 Å². The van der Waals surface area contributed by atoms with Gasteiger partial charge < -0.3 is 15.3 Å². The second kappa shape index (κ2) is 6.12. The van der Waals surface area contributed by atoms with Crippen molar-refractivity contribution in [3.05, 3.63) is 29.8 Å². The van der Waals surface area contributed by atoms with Gasteiger partial charge in [-0.2, -0.15) is 0 Å². The van der Waals surface area contributed by atoms with Gasteiger partial charge in [-0.15, -0.1) is 11.8 Å². The van der Waals surface area contributed by atoms with Crippen molar-refractivity contribution in [3.63, 3.8) is 0 Å². The number of hydrogen-bond acceptors (Lipinski definition) is 4. The number of thioether (sulfide) groups is 1. The highest BCUT2D eigenvalue weighted by Crippen LogP contribution is 2.21. The van der Waals surface area contributed by atoms with Crippen molar-refractivity contribution in [1.29, 1.82) is 0 Å². The Bertz CT molecular complexity index is 284. The Balaban J connectivity index is 2.50. The SMILES string of the molecule is C[C@@H](O)c1ccc(SCC(O)CO)cc1. The van der Waals surface area contributed by atoms with Crippen molar-refractivity contribution in [2.24, 2.45) is 0 Å². The maximum absolute atomic E-state index is 9.29. The van der Waals surface area contributed by atoms with Gasteiger partial charge >= 0.3 is 0 Å². The summed E-state index contributed by atoms with van der Waals surface area (Å²) in [4.78, 5) is 1.02. The van der Waals surface area contributed by atoms with Crippen molar-refractivity contribution >= 4 is 11.8 Å². The fourth-order valence-electron chi connectivity index (χ4n) is 1.09. The minimum absolute atomic E-state index is 0.210. The largest absolute Gasteiger partial charge is 0.394 e. The van der Waals surface area contributed by atoms with Crippen LogP contribution >= 0.6 is 11.8 Å². The first kappa shape index (κ1) is 12.5. The summed E-state index contributed by atoms with van der Waals surface area (Å²) in [5.41, 5.74) is 0.877. The Kier molecular flexibility index (Phi) is 5.11. The van der Waals surface area contributed by atoms with Crippen LogP contribution in [0.4, 0.5) is 0 Å². The number of benzene rings is 1. The molecule has 1 unspecified atom stereocenters. The van der Waals surface area contributed by atoms with E-state index in [-0.39, 0.29) is 6.61 Å².